The second-order valence-electron chi connectivity index (χ2n) is 2.79. The Labute approximate surface area is 76.7 Å². The second kappa shape index (κ2) is 3.85. The summed E-state index contributed by atoms with van der Waals surface area (Å²) in [6, 6.07) is 7.42. The molecule has 0 unspecified atom stereocenters. The molecule has 1 aromatic carbocycles. The van der Waals surface area contributed by atoms with E-state index in [0.717, 1.165) is 5.56 Å². The number of nitrogens with zero attached hydrogens (tertiary/aromatic N) is 1. The van der Waals surface area contributed by atoms with Crippen molar-refractivity contribution in [2.75, 3.05) is 0 Å². The Morgan fingerprint density at radius 2 is 2.00 bits per heavy atom. The zero-order valence-electron chi connectivity index (χ0n) is 7.61. The van der Waals surface area contributed by atoms with Crippen molar-refractivity contribution in [1.29, 1.82) is 0 Å². The lowest BCUT2D eigenvalue weighted by Gasteiger charge is -1.98. The van der Waals surface area contributed by atoms with Gasteiger partial charge in [0.1, 0.15) is 5.71 Å². The summed E-state index contributed by atoms with van der Waals surface area (Å²) in [7, 11) is 0. The largest absolute Gasteiger partial charge is 0.477 e. The molecule has 0 atom stereocenters. The van der Waals surface area contributed by atoms with Gasteiger partial charge in [0.05, 0.1) is 5.69 Å². The van der Waals surface area contributed by atoms with Crippen LogP contribution in [-0.2, 0) is 4.79 Å². The van der Waals surface area contributed by atoms with E-state index in [-0.39, 0.29) is 5.71 Å². The first-order valence-electron chi connectivity index (χ1n) is 3.95. The molecule has 0 heterocycles. The minimum absolute atomic E-state index is 0.106. The number of rotatable bonds is 2. The highest BCUT2D eigenvalue weighted by Gasteiger charge is 2.02. The number of carbonyl (C=O) groups is 1. The van der Waals surface area contributed by atoms with Crippen molar-refractivity contribution < 1.29 is 9.90 Å². The first-order valence-corrected chi connectivity index (χ1v) is 3.95. The fourth-order valence-electron chi connectivity index (χ4n) is 0.917. The van der Waals surface area contributed by atoms with E-state index in [1.54, 1.807) is 6.07 Å². The predicted octanol–water partition coefficient (Wildman–Crippen LogP) is 2.17. The molecule has 0 radical (unpaired) electrons. The van der Waals surface area contributed by atoms with Crippen LogP contribution in [0, 0.1) is 6.92 Å². The van der Waals surface area contributed by atoms with Crippen LogP contribution in [0.2, 0.25) is 0 Å². The van der Waals surface area contributed by atoms with E-state index in [0.29, 0.717) is 5.69 Å². The molecule has 0 aliphatic rings. The number of para-hydroxylation sites is 1. The van der Waals surface area contributed by atoms with Gasteiger partial charge in [0.2, 0.25) is 0 Å². The minimum atomic E-state index is -0.983. The number of aliphatic imine (C=N–C) groups is 1. The number of aryl methyl sites for hydroxylation is 1. The molecule has 0 spiro atoms. The van der Waals surface area contributed by atoms with Gasteiger partial charge >= 0.3 is 5.97 Å². The minimum Gasteiger partial charge on any atom is -0.477 e. The van der Waals surface area contributed by atoms with Gasteiger partial charge in [-0.15, -0.1) is 0 Å². The number of aliphatic carboxylic acids is 1. The molecule has 0 fully saturated rings. The molecule has 0 aromatic heterocycles. The van der Waals surface area contributed by atoms with E-state index in [4.69, 9.17) is 5.11 Å². The van der Waals surface area contributed by atoms with Crippen LogP contribution in [-0.4, -0.2) is 16.8 Å². The maximum absolute atomic E-state index is 10.5. The summed E-state index contributed by atoms with van der Waals surface area (Å²) >= 11 is 0. The molecule has 0 aliphatic carbocycles. The average Bonchev–Trinajstić information content (AvgIpc) is 2.08. The topological polar surface area (TPSA) is 49.7 Å². The Bertz CT molecular complexity index is 356. The fourth-order valence-corrected chi connectivity index (χ4v) is 0.917. The Kier molecular flexibility index (Phi) is 2.80. The highest BCUT2D eigenvalue weighted by atomic mass is 16.4. The van der Waals surface area contributed by atoms with Crippen LogP contribution in [0.3, 0.4) is 0 Å². The van der Waals surface area contributed by atoms with Crippen LogP contribution in [0.5, 0.6) is 0 Å². The molecule has 0 aliphatic heterocycles. The van der Waals surface area contributed by atoms with Gasteiger partial charge in [-0.25, -0.2) is 9.79 Å². The number of carboxylic acids is 1. The third kappa shape index (κ3) is 2.40. The zero-order chi connectivity index (χ0) is 9.84. The molecular weight excluding hydrogens is 166 g/mol. The SMILES string of the molecule is CC(=Nc1ccccc1C)C(=O)O. The highest BCUT2D eigenvalue weighted by Crippen LogP contribution is 2.17. The van der Waals surface area contributed by atoms with Crippen LogP contribution in [0.4, 0.5) is 5.69 Å². The smallest absolute Gasteiger partial charge is 0.349 e. The third-order valence-corrected chi connectivity index (χ3v) is 1.71. The molecule has 1 N–H and O–H groups in total. The van der Waals surface area contributed by atoms with Crippen LogP contribution in [0.15, 0.2) is 29.3 Å². The first kappa shape index (κ1) is 9.45. The van der Waals surface area contributed by atoms with Crippen molar-refractivity contribution in [3.8, 4) is 0 Å². The second-order valence-corrected chi connectivity index (χ2v) is 2.79. The maximum atomic E-state index is 10.5. The number of hydrogen-bond acceptors (Lipinski definition) is 2. The molecule has 0 saturated heterocycles. The lowest BCUT2D eigenvalue weighted by atomic mass is 10.2. The van der Waals surface area contributed by atoms with Gasteiger partial charge < -0.3 is 5.11 Å². The summed E-state index contributed by atoms with van der Waals surface area (Å²) in [5.41, 5.74) is 1.79. The monoisotopic (exact) mass is 177 g/mol. The van der Waals surface area contributed by atoms with Crippen molar-refractivity contribution in [1.82, 2.24) is 0 Å². The molecule has 13 heavy (non-hydrogen) atoms. The van der Waals surface area contributed by atoms with Crippen molar-refractivity contribution in [3.63, 3.8) is 0 Å². The van der Waals surface area contributed by atoms with E-state index < -0.39 is 5.97 Å². The van der Waals surface area contributed by atoms with Gasteiger partial charge in [0, 0.05) is 0 Å². The summed E-state index contributed by atoms with van der Waals surface area (Å²) in [5.74, 6) is -0.983. The quantitative estimate of drug-likeness (QED) is 0.704. The van der Waals surface area contributed by atoms with E-state index in [9.17, 15) is 4.79 Å². The van der Waals surface area contributed by atoms with Crippen molar-refractivity contribution in [2.45, 2.75) is 13.8 Å². The molecule has 3 nitrogen and oxygen atoms in total. The lowest BCUT2D eigenvalue weighted by molar-refractivity contribution is -0.129. The van der Waals surface area contributed by atoms with E-state index in [2.05, 4.69) is 4.99 Å². The Morgan fingerprint density at radius 3 is 2.54 bits per heavy atom. The lowest BCUT2D eigenvalue weighted by Crippen LogP contribution is -2.07. The third-order valence-electron chi connectivity index (χ3n) is 1.71. The van der Waals surface area contributed by atoms with Gasteiger partial charge in [-0.3, -0.25) is 0 Å². The molecule has 1 aromatic rings. The molecule has 0 amide bonds. The Balaban J connectivity index is 3.04. The van der Waals surface area contributed by atoms with Crippen molar-refractivity contribution in [3.05, 3.63) is 29.8 Å². The summed E-state index contributed by atoms with van der Waals surface area (Å²) in [5, 5.41) is 8.60. The van der Waals surface area contributed by atoms with Gasteiger partial charge in [-0.2, -0.15) is 0 Å². The molecule has 0 saturated carbocycles. The normalized spacial score (nSPS) is 11.4. The molecule has 68 valence electrons. The first-order chi connectivity index (χ1) is 6.11. The van der Waals surface area contributed by atoms with Gasteiger partial charge in [0.25, 0.3) is 0 Å². The maximum Gasteiger partial charge on any atom is 0.349 e. The summed E-state index contributed by atoms with van der Waals surface area (Å²) in [6.45, 7) is 3.38. The average molecular weight is 177 g/mol. The molecule has 3 heteroatoms. The van der Waals surface area contributed by atoms with Crippen LogP contribution in [0.1, 0.15) is 12.5 Å². The Morgan fingerprint density at radius 1 is 1.38 bits per heavy atom. The van der Waals surface area contributed by atoms with Crippen LogP contribution >= 0.6 is 0 Å². The van der Waals surface area contributed by atoms with Gasteiger partial charge in [0.15, 0.2) is 0 Å². The van der Waals surface area contributed by atoms with E-state index in [1.807, 2.05) is 25.1 Å². The number of hydrogen-bond donors (Lipinski definition) is 1. The van der Waals surface area contributed by atoms with Gasteiger partial charge in [-0.05, 0) is 25.5 Å². The van der Waals surface area contributed by atoms with E-state index >= 15 is 0 Å². The molecule has 0 bridgehead atoms. The van der Waals surface area contributed by atoms with E-state index in [1.165, 1.54) is 6.92 Å². The summed E-state index contributed by atoms with van der Waals surface area (Å²) < 4.78 is 0. The number of carboxylic acid groups (broad SMARTS) is 1. The highest BCUT2D eigenvalue weighted by molar-refractivity contribution is 6.35. The van der Waals surface area contributed by atoms with Crippen molar-refractivity contribution >= 4 is 17.4 Å². The Hall–Kier alpha value is -1.64. The summed E-state index contributed by atoms with van der Waals surface area (Å²) in [4.78, 5) is 14.5. The summed E-state index contributed by atoms with van der Waals surface area (Å²) in [6.07, 6.45) is 0. The van der Waals surface area contributed by atoms with Crippen molar-refractivity contribution in [2.24, 2.45) is 4.99 Å². The molecular formula is C10H11NO2. The van der Waals surface area contributed by atoms with Gasteiger partial charge in [-0.1, -0.05) is 18.2 Å². The van der Waals surface area contributed by atoms with Crippen LogP contribution in [0.25, 0.3) is 0 Å². The fraction of sp³-hybridized carbons (Fsp3) is 0.200. The zero-order valence-corrected chi connectivity index (χ0v) is 7.61. The number of benzene rings is 1. The molecule has 1 rings (SSSR count). The standard InChI is InChI=1S/C10H11NO2/c1-7-5-3-4-6-9(7)11-8(2)10(12)13/h3-6H,1-2H3,(H,12,13). The predicted molar refractivity (Wildman–Crippen MR) is 51.6 cm³/mol. The van der Waals surface area contributed by atoms with Crippen LogP contribution < -0.4 is 0 Å².